The zero-order valence-electron chi connectivity index (χ0n) is 7.28. The van der Waals surface area contributed by atoms with Crippen molar-refractivity contribution in [3.05, 3.63) is 17.5 Å². The largest absolute Gasteiger partial charge is 0.378 e. The quantitative estimate of drug-likeness (QED) is 0.788. The van der Waals surface area contributed by atoms with E-state index >= 15 is 0 Å². The fourth-order valence-electron chi connectivity index (χ4n) is 1.25. The topological polar surface area (TPSA) is 47.0 Å². The summed E-state index contributed by atoms with van der Waals surface area (Å²) in [6.45, 7) is 1.14. The molecule has 1 aliphatic rings. The highest BCUT2D eigenvalue weighted by atomic mass is 35.5. The van der Waals surface area contributed by atoms with Crippen molar-refractivity contribution in [2.24, 2.45) is 0 Å². The molecule has 1 aromatic heterocycles. The van der Waals surface area contributed by atoms with Crippen LogP contribution in [0.3, 0.4) is 0 Å². The normalized spacial score (nSPS) is 26.4. The molecule has 2 atom stereocenters. The molecule has 1 aromatic rings. The van der Waals surface area contributed by atoms with Crippen molar-refractivity contribution in [3.63, 3.8) is 0 Å². The number of rotatable bonds is 2. The maximum atomic E-state index is 6.01. The van der Waals surface area contributed by atoms with Crippen LogP contribution >= 0.6 is 23.2 Å². The number of nitrogens with one attached hydrogen (secondary N) is 1. The zero-order chi connectivity index (χ0) is 9.97. The van der Waals surface area contributed by atoms with Crippen molar-refractivity contribution in [3.8, 4) is 0 Å². The van der Waals surface area contributed by atoms with Crippen molar-refractivity contribution >= 4 is 29.0 Å². The second kappa shape index (κ2) is 4.29. The van der Waals surface area contributed by atoms with Crippen molar-refractivity contribution in [1.29, 1.82) is 0 Å². The highest BCUT2D eigenvalue weighted by molar-refractivity contribution is 6.32. The number of aromatic nitrogens is 2. The van der Waals surface area contributed by atoms with E-state index in [9.17, 15) is 0 Å². The van der Waals surface area contributed by atoms with Crippen LogP contribution in [0.2, 0.25) is 5.02 Å². The van der Waals surface area contributed by atoms with Gasteiger partial charge in [0.05, 0.1) is 30.8 Å². The average Bonchev–Trinajstić information content (AvgIpc) is 2.56. The number of nitrogens with zero attached hydrogens (tertiary/aromatic N) is 2. The molecule has 4 nitrogen and oxygen atoms in total. The minimum absolute atomic E-state index is 0.0407. The number of ether oxygens (including phenoxy) is 1. The first kappa shape index (κ1) is 9.96. The smallest absolute Gasteiger partial charge is 0.148 e. The van der Waals surface area contributed by atoms with Gasteiger partial charge in [-0.15, -0.1) is 11.6 Å². The first-order valence-electron chi connectivity index (χ1n) is 4.21. The fraction of sp³-hybridized carbons (Fsp3) is 0.500. The number of anilines is 1. The number of halogens is 2. The molecule has 0 aromatic carbocycles. The summed E-state index contributed by atoms with van der Waals surface area (Å²) in [4.78, 5) is 7.80. The SMILES string of the molecule is Clc1cncnc1NC1COCC1Cl. The predicted molar refractivity (Wildman–Crippen MR) is 54.9 cm³/mol. The van der Waals surface area contributed by atoms with E-state index in [1.165, 1.54) is 12.5 Å². The molecule has 1 saturated heterocycles. The van der Waals surface area contributed by atoms with Crippen LogP contribution in [0.25, 0.3) is 0 Å². The Hall–Kier alpha value is -0.580. The molecule has 6 heteroatoms. The summed E-state index contributed by atoms with van der Waals surface area (Å²) in [6, 6.07) is 0.0593. The van der Waals surface area contributed by atoms with Crippen molar-refractivity contribution in [2.45, 2.75) is 11.4 Å². The van der Waals surface area contributed by atoms with Gasteiger partial charge in [-0.2, -0.15) is 0 Å². The summed E-state index contributed by atoms with van der Waals surface area (Å²) in [7, 11) is 0. The van der Waals surface area contributed by atoms with E-state index in [-0.39, 0.29) is 11.4 Å². The van der Waals surface area contributed by atoms with Gasteiger partial charge in [0.2, 0.25) is 0 Å². The van der Waals surface area contributed by atoms with Crippen molar-refractivity contribution in [1.82, 2.24) is 9.97 Å². The second-order valence-electron chi connectivity index (χ2n) is 3.02. The molecule has 2 unspecified atom stereocenters. The molecule has 0 amide bonds. The molecule has 0 aliphatic carbocycles. The summed E-state index contributed by atoms with van der Waals surface area (Å²) >= 11 is 11.9. The predicted octanol–water partition coefficient (Wildman–Crippen LogP) is 1.55. The number of hydrogen-bond acceptors (Lipinski definition) is 4. The Morgan fingerprint density at radius 3 is 3.00 bits per heavy atom. The summed E-state index contributed by atoms with van der Waals surface area (Å²) in [5.41, 5.74) is 0. The molecule has 0 saturated carbocycles. The van der Waals surface area contributed by atoms with E-state index in [1.807, 2.05) is 0 Å². The van der Waals surface area contributed by atoms with E-state index in [0.717, 1.165) is 0 Å². The van der Waals surface area contributed by atoms with E-state index in [0.29, 0.717) is 24.1 Å². The molecule has 14 heavy (non-hydrogen) atoms. The Balaban J connectivity index is 2.07. The van der Waals surface area contributed by atoms with E-state index in [1.54, 1.807) is 0 Å². The third-order valence-electron chi connectivity index (χ3n) is 2.00. The minimum atomic E-state index is -0.0407. The molecule has 0 spiro atoms. The molecule has 1 N–H and O–H groups in total. The third-order valence-corrected chi connectivity index (χ3v) is 2.71. The molecule has 0 radical (unpaired) electrons. The molecule has 2 heterocycles. The summed E-state index contributed by atoms with van der Waals surface area (Å²) in [5.74, 6) is 0.600. The van der Waals surface area contributed by atoms with Crippen molar-refractivity contribution < 1.29 is 4.74 Å². The summed E-state index contributed by atoms with van der Waals surface area (Å²) in [6.07, 6.45) is 2.98. The Kier molecular flexibility index (Phi) is 3.05. The molecule has 1 aliphatic heterocycles. The van der Waals surface area contributed by atoms with E-state index in [4.69, 9.17) is 27.9 Å². The van der Waals surface area contributed by atoms with Crippen LogP contribution in [0.4, 0.5) is 5.82 Å². The standard InChI is InChI=1S/C8H9Cl2N3O/c9-5-1-11-4-12-8(5)13-7-3-14-2-6(7)10/h1,4,6-7H,2-3H2,(H,11,12,13). The maximum absolute atomic E-state index is 6.01. The summed E-state index contributed by atoms with van der Waals surface area (Å²) in [5, 5.41) is 3.57. The van der Waals surface area contributed by atoms with Gasteiger partial charge < -0.3 is 10.1 Å². The lowest BCUT2D eigenvalue weighted by Gasteiger charge is -2.14. The van der Waals surface area contributed by atoms with Crippen LogP contribution in [0.1, 0.15) is 0 Å². The van der Waals surface area contributed by atoms with Crippen LogP contribution < -0.4 is 5.32 Å². The monoisotopic (exact) mass is 233 g/mol. The lowest BCUT2D eigenvalue weighted by Crippen LogP contribution is -2.28. The second-order valence-corrected chi connectivity index (χ2v) is 3.99. The Bertz CT molecular complexity index is 323. The molecule has 0 bridgehead atoms. The highest BCUT2D eigenvalue weighted by Crippen LogP contribution is 2.21. The van der Waals surface area contributed by atoms with Gasteiger partial charge >= 0.3 is 0 Å². The molecule has 2 rings (SSSR count). The van der Waals surface area contributed by atoms with Crippen LogP contribution in [0.5, 0.6) is 0 Å². The van der Waals surface area contributed by atoms with Crippen LogP contribution in [0.15, 0.2) is 12.5 Å². The van der Waals surface area contributed by atoms with E-state index < -0.39 is 0 Å². The lowest BCUT2D eigenvalue weighted by atomic mass is 10.2. The van der Waals surface area contributed by atoms with Crippen molar-refractivity contribution in [2.75, 3.05) is 18.5 Å². The Labute approximate surface area is 91.6 Å². The van der Waals surface area contributed by atoms with Gasteiger partial charge in [-0.05, 0) is 0 Å². The first-order valence-corrected chi connectivity index (χ1v) is 5.02. The zero-order valence-corrected chi connectivity index (χ0v) is 8.79. The van der Waals surface area contributed by atoms with Gasteiger partial charge in [0, 0.05) is 0 Å². The van der Waals surface area contributed by atoms with Gasteiger partial charge in [-0.25, -0.2) is 9.97 Å². The van der Waals surface area contributed by atoms with Crippen LogP contribution in [-0.2, 0) is 4.74 Å². The Morgan fingerprint density at radius 1 is 1.50 bits per heavy atom. The maximum Gasteiger partial charge on any atom is 0.148 e. The minimum Gasteiger partial charge on any atom is -0.378 e. The number of alkyl halides is 1. The lowest BCUT2D eigenvalue weighted by molar-refractivity contribution is 0.196. The summed E-state index contributed by atoms with van der Waals surface area (Å²) < 4.78 is 5.20. The fourth-order valence-corrected chi connectivity index (χ4v) is 1.64. The van der Waals surface area contributed by atoms with Gasteiger partial charge in [0.15, 0.2) is 0 Å². The van der Waals surface area contributed by atoms with Crippen LogP contribution in [-0.4, -0.2) is 34.6 Å². The third kappa shape index (κ3) is 2.08. The average molecular weight is 234 g/mol. The molecular weight excluding hydrogens is 225 g/mol. The first-order chi connectivity index (χ1) is 6.77. The van der Waals surface area contributed by atoms with Gasteiger partial charge in [0.25, 0.3) is 0 Å². The molecular formula is C8H9Cl2N3O. The van der Waals surface area contributed by atoms with Gasteiger partial charge in [-0.3, -0.25) is 0 Å². The van der Waals surface area contributed by atoms with Gasteiger partial charge in [0.1, 0.15) is 17.2 Å². The highest BCUT2D eigenvalue weighted by Gasteiger charge is 2.26. The van der Waals surface area contributed by atoms with E-state index in [2.05, 4.69) is 15.3 Å². The molecule has 76 valence electrons. The Morgan fingerprint density at radius 2 is 2.36 bits per heavy atom. The van der Waals surface area contributed by atoms with Gasteiger partial charge in [-0.1, -0.05) is 11.6 Å². The number of hydrogen-bond donors (Lipinski definition) is 1. The van der Waals surface area contributed by atoms with Crippen LogP contribution in [0, 0.1) is 0 Å². The molecule has 1 fully saturated rings.